The van der Waals surface area contributed by atoms with Crippen LogP contribution in [0.1, 0.15) is 13.8 Å². The number of hydrogen-bond donors (Lipinski definition) is 2. The molecule has 0 amide bonds. The van der Waals surface area contributed by atoms with Crippen LogP contribution >= 0.6 is 22.9 Å². The molecule has 3 rings (SSSR count). The number of halogens is 1. The minimum absolute atomic E-state index is 0.150. The van der Waals surface area contributed by atoms with Gasteiger partial charge in [-0.25, -0.2) is 9.50 Å². The Bertz CT molecular complexity index is 736. The van der Waals surface area contributed by atoms with E-state index in [0.29, 0.717) is 5.02 Å². The Kier molecular flexibility index (Phi) is 4.33. The maximum absolute atomic E-state index is 9.18. The fourth-order valence-corrected chi connectivity index (χ4v) is 3.02. The van der Waals surface area contributed by atoms with Crippen molar-refractivity contribution in [2.75, 3.05) is 11.9 Å². The van der Waals surface area contributed by atoms with E-state index in [4.69, 9.17) is 11.6 Å². The van der Waals surface area contributed by atoms with Gasteiger partial charge in [0.15, 0.2) is 0 Å². The Morgan fingerprint density at radius 2 is 2.05 bits per heavy atom. The number of nitrogens with one attached hydrogen (secondary N) is 1. The van der Waals surface area contributed by atoms with Gasteiger partial charge in [0.25, 0.3) is 0 Å². The lowest BCUT2D eigenvalue weighted by Gasteiger charge is -2.17. The van der Waals surface area contributed by atoms with Crippen molar-refractivity contribution in [3.63, 3.8) is 0 Å². The Hall–Kier alpha value is -1.63. The van der Waals surface area contributed by atoms with Gasteiger partial charge in [-0.2, -0.15) is 0 Å². The molecule has 2 heterocycles. The molecule has 116 valence electrons. The summed E-state index contributed by atoms with van der Waals surface area (Å²) in [4.78, 5) is 5.42. The van der Waals surface area contributed by atoms with Crippen LogP contribution in [0.5, 0.6) is 0 Å². The lowest BCUT2D eigenvalue weighted by Crippen LogP contribution is -2.26. The highest BCUT2D eigenvalue weighted by Gasteiger charge is 2.14. The van der Waals surface area contributed by atoms with Crippen molar-refractivity contribution in [1.29, 1.82) is 0 Å². The predicted molar refractivity (Wildman–Crippen MR) is 90.6 cm³/mol. The quantitative estimate of drug-likeness (QED) is 0.748. The largest absolute Gasteiger partial charge is 0.396 e. The fraction of sp³-hybridized carbons (Fsp3) is 0.333. The third-order valence-electron chi connectivity index (χ3n) is 3.68. The van der Waals surface area contributed by atoms with Crippen LogP contribution in [0.4, 0.5) is 5.13 Å². The van der Waals surface area contributed by atoms with Crippen LogP contribution in [-0.2, 0) is 0 Å². The molecule has 2 atom stereocenters. The molecule has 0 aliphatic heterocycles. The molecule has 0 bridgehead atoms. The van der Waals surface area contributed by atoms with Crippen LogP contribution in [0, 0.1) is 5.92 Å². The van der Waals surface area contributed by atoms with E-state index >= 15 is 0 Å². The Balaban J connectivity index is 1.81. The molecule has 2 unspecified atom stereocenters. The van der Waals surface area contributed by atoms with Gasteiger partial charge in [0.1, 0.15) is 0 Å². The van der Waals surface area contributed by atoms with Crippen LogP contribution in [-0.4, -0.2) is 32.4 Å². The third kappa shape index (κ3) is 3.09. The topological polar surface area (TPSA) is 62.5 Å². The number of aliphatic hydroxyl groups is 1. The number of fused-ring (bicyclic) bond motifs is 1. The number of nitrogens with zero attached hydrogens (tertiary/aromatic N) is 3. The van der Waals surface area contributed by atoms with Gasteiger partial charge in [0.05, 0.1) is 11.9 Å². The van der Waals surface area contributed by atoms with Gasteiger partial charge in [0, 0.05) is 23.2 Å². The molecule has 2 N–H and O–H groups in total. The standard InChI is InChI=1S/C15H17ClN4OS/c1-9(8-21)10(2)17-14-19-20-7-13(18-15(20)22-14)11-3-5-12(16)6-4-11/h3-7,9-10,21H,8H2,1-2H3,(H,17,19). The van der Waals surface area contributed by atoms with E-state index in [1.807, 2.05) is 44.3 Å². The molecule has 3 aromatic rings. The molecule has 2 aromatic heterocycles. The summed E-state index contributed by atoms with van der Waals surface area (Å²) >= 11 is 7.40. The summed E-state index contributed by atoms with van der Waals surface area (Å²) < 4.78 is 1.77. The molecular formula is C15H17ClN4OS. The lowest BCUT2D eigenvalue weighted by atomic mass is 10.1. The minimum Gasteiger partial charge on any atom is -0.396 e. The van der Waals surface area contributed by atoms with Gasteiger partial charge < -0.3 is 10.4 Å². The first kappa shape index (κ1) is 15.3. The monoisotopic (exact) mass is 336 g/mol. The first-order valence-electron chi connectivity index (χ1n) is 7.06. The van der Waals surface area contributed by atoms with E-state index in [2.05, 4.69) is 15.4 Å². The smallest absolute Gasteiger partial charge is 0.214 e. The average molecular weight is 337 g/mol. The van der Waals surface area contributed by atoms with Crippen molar-refractivity contribution in [3.8, 4) is 11.3 Å². The second-order valence-electron chi connectivity index (χ2n) is 5.36. The number of aliphatic hydroxyl groups excluding tert-OH is 1. The van der Waals surface area contributed by atoms with Crippen LogP contribution < -0.4 is 5.32 Å². The molecule has 0 spiro atoms. The zero-order valence-corrected chi connectivity index (χ0v) is 13.9. The normalized spacial score (nSPS) is 14.2. The molecule has 7 heteroatoms. The number of rotatable bonds is 5. The highest BCUT2D eigenvalue weighted by molar-refractivity contribution is 7.20. The second kappa shape index (κ2) is 6.24. The van der Waals surface area contributed by atoms with E-state index in [1.165, 1.54) is 11.3 Å². The SMILES string of the molecule is CC(CO)C(C)Nc1nn2cc(-c3ccc(Cl)cc3)nc2s1. The molecule has 22 heavy (non-hydrogen) atoms. The molecule has 0 fully saturated rings. The van der Waals surface area contributed by atoms with Crippen LogP contribution in [0.15, 0.2) is 30.5 Å². The van der Waals surface area contributed by atoms with Gasteiger partial charge in [-0.05, 0) is 25.0 Å². The summed E-state index contributed by atoms with van der Waals surface area (Å²) in [6.07, 6.45) is 1.90. The van der Waals surface area contributed by atoms with E-state index in [9.17, 15) is 5.11 Å². The van der Waals surface area contributed by atoms with Crippen LogP contribution in [0.25, 0.3) is 16.2 Å². The molecule has 1 aromatic carbocycles. The molecule has 0 aliphatic carbocycles. The molecule has 0 saturated carbocycles. The van der Waals surface area contributed by atoms with E-state index < -0.39 is 0 Å². The number of aromatic nitrogens is 3. The maximum Gasteiger partial charge on any atom is 0.214 e. The highest BCUT2D eigenvalue weighted by Crippen LogP contribution is 2.26. The molecular weight excluding hydrogens is 320 g/mol. The summed E-state index contributed by atoms with van der Waals surface area (Å²) in [5, 5.41) is 18.5. The first-order valence-corrected chi connectivity index (χ1v) is 8.26. The molecule has 0 saturated heterocycles. The summed E-state index contributed by atoms with van der Waals surface area (Å²) in [6.45, 7) is 4.18. The molecule has 5 nitrogen and oxygen atoms in total. The van der Waals surface area contributed by atoms with Gasteiger partial charge >= 0.3 is 0 Å². The van der Waals surface area contributed by atoms with Crippen molar-refractivity contribution in [3.05, 3.63) is 35.5 Å². The maximum atomic E-state index is 9.18. The van der Waals surface area contributed by atoms with Crippen LogP contribution in [0.2, 0.25) is 5.02 Å². The van der Waals surface area contributed by atoms with Gasteiger partial charge in [-0.1, -0.05) is 42.0 Å². The molecule has 0 aliphatic rings. The fourth-order valence-electron chi connectivity index (χ4n) is 2.01. The predicted octanol–water partition coefficient (Wildman–Crippen LogP) is 3.54. The van der Waals surface area contributed by atoms with Gasteiger partial charge in [-0.15, -0.1) is 5.10 Å². The van der Waals surface area contributed by atoms with Crippen LogP contribution in [0.3, 0.4) is 0 Å². The summed E-state index contributed by atoms with van der Waals surface area (Å²) in [5.41, 5.74) is 1.89. The summed E-state index contributed by atoms with van der Waals surface area (Å²) in [5.74, 6) is 0.167. The second-order valence-corrected chi connectivity index (χ2v) is 6.75. The van der Waals surface area contributed by atoms with E-state index in [-0.39, 0.29) is 18.6 Å². The zero-order valence-electron chi connectivity index (χ0n) is 12.3. The number of anilines is 1. The molecule has 0 radical (unpaired) electrons. The lowest BCUT2D eigenvalue weighted by molar-refractivity contribution is 0.226. The average Bonchev–Trinajstić information content (AvgIpc) is 3.05. The summed E-state index contributed by atoms with van der Waals surface area (Å²) in [7, 11) is 0. The van der Waals surface area contributed by atoms with Crippen molar-refractivity contribution in [1.82, 2.24) is 14.6 Å². The summed E-state index contributed by atoms with van der Waals surface area (Å²) in [6, 6.07) is 7.74. The highest BCUT2D eigenvalue weighted by atomic mass is 35.5. The Morgan fingerprint density at radius 3 is 2.68 bits per heavy atom. The van der Waals surface area contributed by atoms with Gasteiger partial charge in [0.2, 0.25) is 10.1 Å². The number of hydrogen-bond acceptors (Lipinski definition) is 5. The minimum atomic E-state index is 0.150. The van der Waals surface area contributed by atoms with Gasteiger partial charge in [-0.3, -0.25) is 0 Å². The van der Waals surface area contributed by atoms with Crippen molar-refractivity contribution >= 4 is 33.0 Å². The van der Waals surface area contributed by atoms with E-state index in [0.717, 1.165) is 21.3 Å². The Labute approximate surface area is 137 Å². The number of imidazole rings is 1. The van der Waals surface area contributed by atoms with Crippen molar-refractivity contribution in [2.24, 2.45) is 5.92 Å². The van der Waals surface area contributed by atoms with Crippen molar-refractivity contribution < 1.29 is 5.11 Å². The number of benzene rings is 1. The first-order chi connectivity index (χ1) is 10.6. The van der Waals surface area contributed by atoms with Crippen molar-refractivity contribution in [2.45, 2.75) is 19.9 Å². The third-order valence-corrected chi connectivity index (χ3v) is 4.78. The Morgan fingerprint density at radius 1 is 1.32 bits per heavy atom. The zero-order chi connectivity index (χ0) is 15.7. The van der Waals surface area contributed by atoms with E-state index in [1.54, 1.807) is 4.52 Å².